The van der Waals surface area contributed by atoms with E-state index < -0.39 is 0 Å². The molecule has 0 spiro atoms. The molecule has 2 aromatic heterocycles. The summed E-state index contributed by atoms with van der Waals surface area (Å²) in [6.45, 7) is 2.43. The Morgan fingerprint density at radius 2 is 2.00 bits per heavy atom. The fraction of sp³-hybridized carbons (Fsp3) is 0.176. The number of fused-ring (bicyclic) bond motifs is 1. The van der Waals surface area contributed by atoms with E-state index in [2.05, 4.69) is 38.5 Å². The van der Waals surface area contributed by atoms with E-state index in [-0.39, 0.29) is 0 Å². The predicted octanol–water partition coefficient (Wildman–Crippen LogP) is 2.62. The van der Waals surface area contributed by atoms with Crippen molar-refractivity contribution in [2.75, 3.05) is 13.2 Å². The Labute approximate surface area is 128 Å². The summed E-state index contributed by atoms with van der Waals surface area (Å²) >= 11 is 0. The second-order valence-corrected chi connectivity index (χ2v) is 5.22. The van der Waals surface area contributed by atoms with Crippen LogP contribution in [-0.4, -0.2) is 28.1 Å². The molecule has 1 aromatic carbocycles. The lowest BCUT2D eigenvalue weighted by Gasteiger charge is -2.09. The molecular formula is C17H16N4O. The van der Waals surface area contributed by atoms with Gasteiger partial charge in [0.05, 0.1) is 0 Å². The van der Waals surface area contributed by atoms with Crippen molar-refractivity contribution in [1.29, 1.82) is 0 Å². The van der Waals surface area contributed by atoms with Crippen molar-refractivity contribution >= 4 is 0 Å². The molecule has 2 N–H and O–H groups in total. The average Bonchev–Trinajstić information content (AvgIpc) is 3.00. The number of nitrogens with zero attached hydrogens (tertiary/aromatic N) is 2. The molecule has 0 saturated heterocycles. The van der Waals surface area contributed by atoms with Gasteiger partial charge in [-0.15, -0.1) is 0 Å². The van der Waals surface area contributed by atoms with Crippen molar-refractivity contribution in [1.82, 2.24) is 20.3 Å². The number of hydrogen-bond donors (Lipinski definition) is 2. The maximum Gasteiger partial charge on any atom is 0.155 e. The Bertz CT molecular complexity index is 766. The summed E-state index contributed by atoms with van der Waals surface area (Å²) in [5.41, 5.74) is 4.26. The van der Waals surface area contributed by atoms with Gasteiger partial charge in [0.15, 0.2) is 5.82 Å². The fourth-order valence-corrected chi connectivity index (χ4v) is 2.60. The maximum atomic E-state index is 5.72. The first-order valence-electron chi connectivity index (χ1n) is 7.33. The zero-order valence-corrected chi connectivity index (χ0v) is 12.0. The Balaban J connectivity index is 1.66. The first-order valence-corrected chi connectivity index (χ1v) is 7.33. The third-order valence-corrected chi connectivity index (χ3v) is 3.75. The van der Waals surface area contributed by atoms with Gasteiger partial charge in [0, 0.05) is 42.8 Å². The van der Waals surface area contributed by atoms with E-state index >= 15 is 0 Å². The Morgan fingerprint density at radius 1 is 1.05 bits per heavy atom. The van der Waals surface area contributed by atoms with E-state index in [9.17, 15) is 0 Å². The fourth-order valence-electron chi connectivity index (χ4n) is 2.60. The number of rotatable bonds is 2. The summed E-state index contributed by atoms with van der Waals surface area (Å²) in [6, 6.07) is 10.3. The van der Waals surface area contributed by atoms with Gasteiger partial charge in [-0.1, -0.05) is 12.1 Å². The summed E-state index contributed by atoms with van der Waals surface area (Å²) in [7, 11) is 0. The van der Waals surface area contributed by atoms with Gasteiger partial charge in [-0.3, -0.25) is 4.98 Å². The van der Waals surface area contributed by atoms with Crippen LogP contribution in [-0.2, 0) is 6.54 Å². The Hall–Kier alpha value is -2.66. The van der Waals surface area contributed by atoms with Crippen molar-refractivity contribution in [3.05, 3.63) is 54.5 Å². The van der Waals surface area contributed by atoms with Crippen LogP contribution in [0, 0.1) is 0 Å². The van der Waals surface area contributed by atoms with Gasteiger partial charge in [0.1, 0.15) is 18.1 Å². The first-order chi connectivity index (χ1) is 10.9. The number of aromatic amines is 1. The molecule has 0 saturated carbocycles. The molecule has 0 radical (unpaired) electrons. The molecule has 110 valence electrons. The van der Waals surface area contributed by atoms with Crippen molar-refractivity contribution in [2.24, 2.45) is 0 Å². The molecule has 1 aliphatic rings. The maximum absolute atomic E-state index is 5.72. The van der Waals surface area contributed by atoms with Gasteiger partial charge < -0.3 is 15.0 Å². The lowest BCUT2D eigenvalue weighted by Crippen LogP contribution is -2.16. The molecule has 3 heterocycles. The molecule has 22 heavy (non-hydrogen) atoms. The number of H-pyrrole nitrogens is 1. The average molecular weight is 292 g/mol. The summed E-state index contributed by atoms with van der Waals surface area (Å²) in [5, 5.41) is 3.36. The Kier molecular flexibility index (Phi) is 3.33. The highest BCUT2D eigenvalue weighted by Crippen LogP contribution is 2.28. The van der Waals surface area contributed by atoms with Crippen molar-refractivity contribution in [2.45, 2.75) is 6.54 Å². The lowest BCUT2D eigenvalue weighted by molar-refractivity contribution is 0.326. The SMILES string of the molecule is c1c[nH]c(-c2ccc(-c3ccc4c(c3)CNCCO4)cn2)n1. The van der Waals surface area contributed by atoms with Crippen LogP contribution in [0.1, 0.15) is 5.56 Å². The molecule has 5 heteroatoms. The van der Waals surface area contributed by atoms with Crippen LogP contribution >= 0.6 is 0 Å². The number of imidazole rings is 1. The standard InChI is InChI=1S/C17H16N4O/c1-3-15(17-19-5-6-20-17)21-11-13(1)12-2-4-16-14(9-12)10-18-7-8-22-16/h1-6,9,11,18H,7-8,10H2,(H,19,20). The largest absolute Gasteiger partial charge is 0.492 e. The van der Waals surface area contributed by atoms with E-state index in [1.54, 1.807) is 12.4 Å². The summed E-state index contributed by atoms with van der Waals surface area (Å²) in [4.78, 5) is 11.8. The predicted molar refractivity (Wildman–Crippen MR) is 84.5 cm³/mol. The highest BCUT2D eigenvalue weighted by atomic mass is 16.5. The van der Waals surface area contributed by atoms with Crippen LogP contribution in [0.5, 0.6) is 5.75 Å². The molecule has 5 nitrogen and oxygen atoms in total. The minimum atomic E-state index is 0.714. The van der Waals surface area contributed by atoms with E-state index in [1.807, 2.05) is 18.3 Å². The van der Waals surface area contributed by atoms with Crippen LogP contribution in [0.15, 0.2) is 48.9 Å². The number of nitrogens with one attached hydrogen (secondary N) is 2. The highest BCUT2D eigenvalue weighted by Gasteiger charge is 2.10. The van der Waals surface area contributed by atoms with Gasteiger partial charge in [-0.25, -0.2) is 4.98 Å². The lowest BCUT2D eigenvalue weighted by atomic mass is 10.0. The summed E-state index contributed by atoms with van der Waals surface area (Å²) < 4.78 is 5.72. The van der Waals surface area contributed by atoms with E-state index in [1.165, 1.54) is 5.56 Å². The quantitative estimate of drug-likeness (QED) is 0.762. The van der Waals surface area contributed by atoms with Gasteiger partial charge >= 0.3 is 0 Å². The smallest absolute Gasteiger partial charge is 0.155 e. The molecule has 0 fully saturated rings. The minimum absolute atomic E-state index is 0.714. The molecule has 0 atom stereocenters. The zero-order chi connectivity index (χ0) is 14.8. The van der Waals surface area contributed by atoms with Gasteiger partial charge in [-0.05, 0) is 23.8 Å². The summed E-state index contributed by atoms with van der Waals surface area (Å²) in [5.74, 6) is 1.75. The second kappa shape index (κ2) is 5.61. The van der Waals surface area contributed by atoms with Gasteiger partial charge in [-0.2, -0.15) is 0 Å². The highest BCUT2D eigenvalue weighted by molar-refractivity contribution is 5.66. The van der Waals surface area contributed by atoms with Gasteiger partial charge in [0.25, 0.3) is 0 Å². The summed E-state index contributed by atoms with van der Waals surface area (Å²) in [6.07, 6.45) is 5.40. The van der Waals surface area contributed by atoms with Crippen molar-refractivity contribution in [3.8, 4) is 28.4 Å². The van der Waals surface area contributed by atoms with Crippen molar-refractivity contribution < 1.29 is 4.74 Å². The normalized spacial score (nSPS) is 14.0. The topological polar surface area (TPSA) is 62.8 Å². The third kappa shape index (κ3) is 2.46. The zero-order valence-electron chi connectivity index (χ0n) is 12.0. The van der Waals surface area contributed by atoms with Crippen LogP contribution in [0.2, 0.25) is 0 Å². The van der Waals surface area contributed by atoms with Crippen molar-refractivity contribution in [3.63, 3.8) is 0 Å². The van der Waals surface area contributed by atoms with Crippen LogP contribution in [0.25, 0.3) is 22.6 Å². The molecule has 4 rings (SSSR count). The molecule has 0 unspecified atom stereocenters. The molecule has 0 aliphatic carbocycles. The van der Waals surface area contributed by atoms with Crippen LogP contribution in [0.3, 0.4) is 0 Å². The molecule has 0 amide bonds. The van der Waals surface area contributed by atoms with E-state index in [0.29, 0.717) is 6.61 Å². The monoisotopic (exact) mass is 292 g/mol. The molecular weight excluding hydrogens is 276 g/mol. The molecule has 1 aliphatic heterocycles. The van der Waals surface area contributed by atoms with Crippen LogP contribution < -0.4 is 10.1 Å². The molecule has 0 bridgehead atoms. The van der Waals surface area contributed by atoms with Crippen LogP contribution in [0.4, 0.5) is 0 Å². The number of benzene rings is 1. The number of aromatic nitrogens is 3. The molecule has 3 aromatic rings. The number of ether oxygens (including phenoxy) is 1. The number of pyridine rings is 1. The van der Waals surface area contributed by atoms with E-state index in [4.69, 9.17) is 4.74 Å². The first kappa shape index (κ1) is 13.0. The van der Waals surface area contributed by atoms with E-state index in [0.717, 1.165) is 41.5 Å². The Morgan fingerprint density at radius 3 is 2.82 bits per heavy atom. The van der Waals surface area contributed by atoms with Gasteiger partial charge in [0.2, 0.25) is 0 Å². The second-order valence-electron chi connectivity index (χ2n) is 5.22. The minimum Gasteiger partial charge on any atom is -0.492 e. The number of hydrogen-bond acceptors (Lipinski definition) is 4. The third-order valence-electron chi connectivity index (χ3n) is 3.75.